The third-order valence-corrected chi connectivity index (χ3v) is 10.1. The highest BCUT2D eigenvalue weighted by molar-refractivity contribution is 7.98. The molecule has 23 heteroatoms. The lowest BCUT2D eigenvalue weighted by atomic mass is 9.97. The third kappa shape index (κ3) is 22.2. The standard InChI is InChI=1S/C39H70N10O12S/c1-10-22(8)31(41)37(58)49-32(21(6)7)38(59)43-16-29(52)42-17-30(53)44-25(15-28(40)51)35(56)45-23(11-12-62-9)33(54)48-27(18-50)36(57)46-24(13-19(2)3)34(55)47-26(39(60)61)14-20(4)5/h19-27,31-32,50H,10-18,41H2,1-9H3,(H2,40,51)(H,42,52)(H,43,59)(H,44,53)(H,45,56)(H,46,57)(H,47,55)(H,48,54)(H,49,58)(H,60,61)/t22-,23-,24-,25-,26-,27-,31-,32-/m0/s1. The van der Waals surface area contributed by atoms with Gasteiger partial charge in [-0.25, -0.2) is 4.79 Å². The summed E-state index contributed by atoms with van der Waals surface area (Å²) in [5.41, 5.74) is 11.3. The maximum atomic E-state index is 13.5. The highest BCUT2D eigenvalue weighted by Gasteiger charge is 2.34. The van der Waals surface area contributed by atoms with Gasteiger partial charge < -0.3 is 64.2 Å². The highest BCUT2D eigenvalue weighted by atomic mass is 32.2. The molecule has 0 heterocycles. The van der Waals surface area contributed by atoms with E-state index < -0.39 is 128 Å². The van der Waals surface area contributed by atoms with Crippen molar-refractivity contribution < 1.29 is 58.2 Å². The number of primary amides is 1. The number of carboxylic acid groups (broad SMARTS) is 1. The monoisotopic (exact) mass is 902 g/mol. The van der Waals surface area contributed by atoms with Crippen LogP contribution in [0.4, 0.5) is 0 Å². The zero-order chi connectivity index (χ0) is 47.9. The SMILES string of the molecule is CC[C@H](C)[C@H](N)C(=O)N[C@H](C(=O)NCC(=O)NCC(=O)N[C@@H](CC(N)=O)C(=O)N[C@@H](CCSC)C(=O)N[C@@H](CO)C(=O)N[C@@H](CC(C)C)C(=O)N[C@@H](CC(C)C)C(=O)O)C(C)C. The van der Waals surface area contributed by atoms with Gasteiger partial charge >= 0.3 is 5.97 Å². The summed E-state index contributed by atoms with van der Waals surface area (Å²) >= 11 is 1.31. The Balaban J connectivity index is 5.73. The van der Waals surface area contributed by atoms with Crippen LogP contribution in [0.25, 0.3) is 0 Å². The Hall–Kier alpha value is -5.03. The smallest absolute Gasteiger partial charge is 0.326 e. The molecule has 0 rings (SSSR count). The fourth-order valence-electron chi connectivity index (χ4n) is 5.66. The van der Waals surface area contributed by atoms with Gasteiger partial charge in [0.1, 0.15) is 36.3 Å². The lowest BCUT2D eigenvalue weighted by Gasteiger charge is -2.27. The molecule has 0 aromatic heterocycles. The van der Waals surface area contributed by atoms with Crippen LogP contribution >= 0.6 is 11.8 Å². The molecule has 22 nitrogen and oxygen atoms in total. The Labute approximate surface area is 367 Å². The lowest BCUT2D eigenvalue weighted by Crippen LogP contribution is -2.60. The van der Waals surface area contributed by atoms with Gasteiger partial charge in [-0.3, -0.25) is 43.2 Å². The van der Waals surface area contributed by atoms with E-state index in [0.717, 1.165) is 0 Å². The normalized spacial score (nSPS) is 15.1. The van der Waals surface area contributed by atoms with Gasteiger partial charge in [0, 0.05) is 0 Å². The minimum Gasteiger partial charge on any atom is -0.480 e. The molecule has 8 atom stereocenters. The number of carboxylic acids is 1. The topological polar surface area (TPSA) is 359 Å². The number of aliphatic hydroxyl groups is 1. The van der Waals surface area contributed by atoms with Crippen LogP contribution in [0.2, 0.25) is 0 Å². The molecule has 0 fully saturated rings. The molecule has 354 valence electrons. The van der Waals surface area contributed by atoms with E-state index in [2.05, 4.69) is 42.5 Å². The summed E-state index contributed by atoms with van der Waals surface area (Å²) in [5.74, 6) is -9.34. The molecule has 0 saturated carbocycles. The summed E-state index contributed by atoms with van der Waals surface area (Å²) < 4.78 is 0. The fourth-order valence-corrected chi connectivity index (χ4v) is 6.13. The van der Waals surface area contributed by atoms with Gasteiger partial charge in [0.15, 0.2) is 0 Å². The number of amides is 9. The van der Waals surface area contributed by atoms with E-state index in [1.54, 1.807) is 54.7 Å². The van der Waals surface area contributed by atoms with Crippen molar-refractivity contribution in [3.05, 3.63) is 0 Å². The molecular weight excluding hydrogens is 833 g/mol. The Morgan fingerprint density at radius 1 is 0.597 bits per heavy atom. The number of carbonyl (C=O) groups is 10. The predicted molar refractivity (Wildman–Crippen MR) is 230 cm³/mol. The lowest BCUT2D eigenvalue weighted by molar-refractivity contribution is -0.143. The van der Waals surface area contributed by atoms with Gasteiger partial charge in [-0.1, -0.05) is 61.8 Å². The molecule has 0 aliphatic rings. The number of hydrogen-bond acceptors (Lipinski definition) is 13. The second-order valence-corrected chi connectivity index (χ2v) is 17.2. The zero-order valence-corrected chi connectivity index (χ0v) is 38.1. The third-order valence-electron chi connectivity index (χ3n) is 9.45. The Morgan fingerprint density at radius 3 is 1.58 bits per heavy atom. The van der Waals surface area contributed by atoms with Gasteiger partial charge in [0.2, 0.25) is 53.2 Å². The number of aliphatic hydroxyl groups excluding tert-OH is 1. The van der Waals surface area contributed by atoms with Crippen LogP contribution in [0, 0.1) is 23.7 Å². The Kier molecular flexibility index (Phi) is 26.9. The number of thioether (sulfide) groups is 1. The molecule has 62 heavy (non-hydrogen) atoms. The fraction of sp³-hybridized carbons (Fsp3) is 0.744. The first-order valence-electron chi connectivity index (χ1n) is 20.6. The van der Waals surface area contributed by atoms with Crippen LogP contribution in [0.3, 0.4) is 0 Å². The van der Waals surface area contributed by atoms with Crippen LogP contribution < -0.4 is 54.0 Å². The molecule has 9 amide bonds. The number of nitrogens with one attached hydrogen (secondary N) is 8. The van der Waals surface area contributed by atoms with Crippen molar-refractivity contribution in [1.82, 2.24) is 42.5 Å². The molecule has 0 saturated heterocycles. The van der Waals surface area contributed by atoms with Gasteiger partial charge in [0.25, 0.3) is 0 Å². The van der Waals surface area contributed by atoms with E-state index in [-0.39, 0.29) is 42.9 Å². The summed E-state index contributed by atoms with van der Waals surface area (Å²) in [5, 5.41) is 38.8. The highest BCUT2D eigenvalue weighted by Crippen LogP contribution is 2.11. The summed E-state index contributed by atoms with van der Waals surface area (Å²) in [6, 6.07) is -8.94. The zero-order valence-electron chi connectivity index (χ0n) is 37.3. The number of nitrogens with two attached hydrogens (primary N) is 2. The molecule has 0 aliphatic heterocycles. The molecule has 14 N–H and O–H groups in total. The quantitative estimate of drug-likeness (QED) is 0.0341. The van der Waals surface area contributed by atoms with Crippen molar-refractivity contribution in [2.75, 3.05) is 31.7 Å². The van der Waals surface area contributed by atoms with Crippen LogP contribution in [-0.2, 0) is 47.9 Å². The number of aliphatic carboxylic acids is 1. The number of rotatable bonds is 30. The summed E-state index contributed by atoms with van der Waals surface area (Å²) in [6.45, 7) is 11.9. The maximum absolute atomic E-state index is 13.5. The Morgan fingerprint density at radius 2 is 1.08 bits per heavy atom. The molecule has 0 unspecified atom stereocenters. The van der Waals surface area contributed by atoms with Crippen molar-refractivity contribution >= 4 is 70.9 Å². The summed E-state index contributed by atoms with van der Waals surface area (Å²) in [4.78, 5) is 128. The van der Waals surface area contributed by atoms with Gasteiger partial charge in [0.05, 0.1) is 32.2 Å². The van der Waals surface area contributed by atoms with Gasteiger partial charge in [-0.15, -0.1) is 0 Å². The first kappa shape index (κ1) is 57.0. The van der Waals surface area contributed by atoms with E-state index in [1.165, 1.54) is 11.8 Å². The predicted octanol–water partition coefficient (Wildman–Crippen LogP) is -3.05. The van der Waals surface area contributed by atoms with E-state index in [4.69, 9.17) is 11.5 Å². The first-order chi connectivity index (χ1) is 28.9. The average molecular weight is 903 g/mol. The minimum absolute atomic E-state index is 0.0195. The van der Waals surface area contributed by atoms with Crippen molar-refractivity contribution in [3.8, 4) is 0 Å². The molecule has 0 spiro atoms. The first-order valence-corrected chi connectivity index (χ1v) is 22.0. The second-order valence-electron chi connectivity index (χ2n) is 16.2. The van der Waals surface area contributed by atoms with Gasteiger partial charge in [-0.05, 0) is 54.9 Å². The van der Waals surface area contributed by atoms with E-state index >= 15 is 0 Å². The van der Waals surface area contributed by atoms with Crippen molar-refractivity contribution in [2.24, 2.45) is 35.1 Å². The molecule has 0 aromatic rings. The van der Waals surface area contributed by atoms with Crippen LogP contribution in [0.15, 0.2) is 0 Å². The van der Waals surface area contributed by atoms with E-state index in [0.29, 0.717) is 12.2 Å². The molecule has 0 aliphatic carbocycles. The van der Waals surface area contributed by atoms with Gasteiger partial charge in [-0.2, -0.15) is 11.8 Å². The summed E-state index contributed by atoms with van der Waals surface area (Å²) in [6.07, 6.45) is 1.84. The van der Waals surface area contributed by atoms with Crippen molar-refractivity contribution in [2.45, 2.75) is 130 Å². The van der Waals surface area contributed by atoms with Crippen molar-refractivity contribution in [3.63, 3.8) is 0 Å². The van der Waals surface area contributed by atoms with Crippen LogP contribution in [0.1, 0.15) is 87.5 Å². The van der Waals surface area contributed by atoms with Crippen molar-refractivity contribution in [1.29, 1.82) is 0 Å². The number of carbonyl (C=O) groups excluding carboxylic acids is 9. The maximum Gasteiger partial charge on any atom is 0.326 e. The molecule has 0 aromatic carbocycles. The van der Waals surface area contributed by atoms with E-state index in [9.17, 15) is 58.2 Å². The average Bonchev–Trinajstić information content (AvgIpc) is 3.19. The van der Waals surface area contributed by atoms with E-state index in [1.807, 2.05) is 6.92 Å². The number of hydrogen-bond donors (Lipinski definition) is 12. The minimum atomic E-state index is -1.63. The van der Waals surface area contributed by atoms with Crippen LogP contribution in [0.5, 0.6) is 0 Å². The second kappa shape index (κ2) is 29.3. The van der Waals surface area contributed by atoms with Crippen LogP contribution in [-0.4, -0.2) is 143 Å². The largest absolute Gasteiger partial charge is 0.480 e. The summed E-state index contributed by atoms with van der Waals surface area (Å²) in [7, 11) is 0. The molecule has 0 radical (unpaired) electrons. The molecular formula is C39H70N10O12S. The molecule has 0 bridgehead atoms. The Bertz CT molecular complexity index is 1550.